The fourth-order valence-electron chi connectivity index (χ4n) is 1.41. The Balaban J connectivity index is 2.37. The summed E-state index contributed by atoms with van der Waals surface area (Å²) in [6.45, 7) is 3.58. The molecule has 0 aromatic rings. The zero-order chi connectivity index (χ0) is 15.1. The second-order valence-electron chi connectivity index (χ2n) is 4.35. The predicted molar refractivity (Wildman–Crippen MR) is 66.0 cm³/mol. The lowest BCUT2D eigenvalue weighted by Crippen LogP contribution is -2.43. The molecular formula is C12H18N2O6. The number of unbranched alkanes of at least 4 members (excludes halogenated alkanes) is 1. The largest absolute Gasteiger partial charge is 0.450 e. The standard InChI is InChI=1S/C12H18N2O6/c1-3-4-7-19-12(18)13-8(2)11(17)20-14-9(15)5-6-10(14)16/h8H,3-7H2,1-2H3,(H,13,18). The molecular weight excluding hydrogens is 268 g/mol. The van der Waals surface area contributed by atoms with Gasteiger partial charge in [0.1, 0.15) is 6.04 Å². The van der Waals surface area contributed by atoms with Gasteiger partial charge >= 0.3 is 12.1 Å². The summed E-state index contributed by atoms with van der Waals surface area (Å²) in [5.74, 6) is -2.04. The van der Waals surface area contributed by atoms with Gasteiger partial charge in [0.2, 0.25) is 0 Å². The first-order valence-electron chi connectivity index (χ1n) is 6.46. The molecule has 0 aliphatic carbocycles. The zero-order valence-electron chi connectivity index (χ0n) is 11.5. The van der Waals surface area contributed by atoms with E-state index < -0.39 is 29.9 Å². The summed E-state index contributed by atoms with van der Waals surface area (Å²) < 4.78 is 4.81. The topological polar surface area (TPSA) is 102 Å². The number of alkyl carbamates (subject to hydrolysis) is 1. The Labute approximate surface area is 116 Å². The Morgan fingerprint density at radius 3 is 2.45 bits per heavy atom. The average molecular weight is 286 g/mol. The van der Waals surface area contributed by atoms with Gasteiger partial charge in [-0.25, -0.2) is 9.59 Å². The van der Waals surface area contributed by atoms with Crippen LogP contribution in [0, 0.1) is 0 Å². The fourth-order valence-corrected chi connectivity index (χ4v) is 1.41. The molecule has 8 heteroatoms. The summed E-state index contributed by atoms with van der Waals surface area (Å²) in [4.78, 5) is 50.1. The minimum atomic E-state index is -1.02. The van der Waals surface area contributed by atoms with Crippen molar-refractivity contribution in [3.05, 3.63) is 0 Å². The van der Waals surface area contributed by atoms with Crippen molar-refractivity contribution in [2.45, 2.75) is 45.6 Å². The zero-order valence-corrected chi connectivity index (χ0v) is 11.5. The number of rotatable bonds is 6. The minimum Gasteiger partial charge on any atom is -0.450 e. The second-order valence-corrected chi connectivity index (χ2v) is 4.35. The van der Waals surface area contributed by atoms with Crippen LogP contribution in [0.2, 0.25) is 0 Å². The summed E-state index contributed by atoms with van der Waals surface area (Å²) in [6.07, 6.45) is 0.898. The number of hydroxylamine groups is 2. The number of hydrogen-bond acceptors (Lipinski definition) is 6. The Morgan fingerprint density at radius 1 is 1.30 bits per heavy atom. The van der Waals surface area contributed by atoms with Crippen molar-refractivity contribution in [3.8, 4) is 0 Å². The number of ether oxygens (including phenoxy) is 1. The van der Waals surface area contributed by atoms with Gasteiger partial charge in [-0.05, 0) is 13.3 Å². The van der Waals surface area contributed by atoms with E-state index in [1.807, 2.05) is 6.92 Å². The fraction of sp³-hybridized carbons (Fsp3) is 0.667. The van der Waals surface area contributed by atoms with Gasteiger partial charge in [-0.2, -0.15) is 0 Å². The first-order valence-corrected chi connectivity index (χ1v) is 6.46. The molecule has 1 saturated heterocycles. The molecule has 1 unspecified atom stereocenters. The molecule has 20 heavy (non-hydrogen) atoms. The van der Waals surface area contributed by atoms with Crippen molar-refractivity contribution in [1.82, 2.24) is 10.4 Å². The molecule has 1 aliphatic heterocycles. The minimum absolute atomic E-state index is 0.0208. The van der Waals surface area contributed by atoms with Crippen LogP contribution in [0.4, 0.5) is 4.79 Å². The van der Waals surface area contributed by atoms with Crippen molar-refractivity contribution in [3.63, 3.8) is 0 Å². The lowest BCUT2D eigenvalue weighted by molar-refractivity contribution is -0.198. The van der Waals surface area contributed by atoms with Gasteiger partial charge in [0, 0.05) is 12.8 Å². The molecule has 0 radical (unpaired) electrons. The molecule has 8 nitrogen and oxygen atoms in total. The number of amides is 3. The van der Waals surface area contributed by atoms with E-state index in [0.717, 1.165) is 12.8 Å². The number of nitrogens with zero attached hydrogens (tertiary/aromatic N) is 1. The maximum absolute atomic E-state index is 11.6. The number of carbonyl (C=O) groups is 4. The molecule has 1 rings (SSSR count). The van der Waals surface area contributed by atoms with E-state index in [2.05, 4.69) is 10.2 Å². The van der Waals surface area contributed by atoms with Crippen LogP contribution in [0.3, 0.4) is 0 Å². The van der Waals surface area contributed by atoms with Crippen LogP contribution >= 0.6 is 0 Å². The summed E-state index contributed by atoms with van der Waals surface area (Å²) >= 11 is 0. The molecule has 1 atom stereocenters. The highest BCUT2D eigenvalue weighted by Gasteiger charge is 2.34. The third kappa shape index (κ3) is 4.52. The maximum atomic E-state index is 11.6. The highest BCUT2D eigenvalue weighted by Crippen LogP contribution is 2.12. The SMILES string of the molecule is CCCCOC(=O)NC(C)C(=O)ON1C(=O)CCC1=O. The van der Waals surface area contributed by atoms with Crippen molar-refractivity contribution in [2.24, 2.45) is 0 Å². The van der Waals surface area contributed by atoms with Crippen LogP contribution in [-0.2, 0) is 24.0 Å². The van der Waals surface area contributed by atoms with Crippen LogP contribution in [-0.4, -0.2) is 41.6 Å². The van der Waals surface area contributed by atoms with Crippen LogP contribution < -0.4 is 5.32 Å². The van der Waals surface area contributed by atoms with E-state index in [9.17, 15) is 19.2 Å². The van der Waals surface area contributed by atoms with Crippen LogP contribution in [0.1, 0.15) is 39.5 Å². The van der Waals surface area contributed by atoms with Crippen LogP contribution in [0.15, 0.2) is 0 Å². The smallest absolute Gasteiger partial charge is 0.407 e. The summed E-state index contributed by atoms with van der Waals surface area (Å²) in [5.41, 5.74) is 0. The van der Waals surface area contributed by atoms with Gasteiger partial charge < -0.3 is 14.9 Å². The molecule has 0 bridgehead atoms. The molecule has 0 spiro atoms. The van der Waals surface area contributed by atoms with Crippen molar-refractivity contribution >= 4 is 23.9 Å². The lowest BCUT2D eigenvalue weighted by Gasteiger charge is -2.17. The molecule has 0 aromatic heterocycles. The number of carbonyl (C=O) groups excluding carboxylic acids is 4. The van der Waals surface area contributed by atoms with E-state index in [4.69, 9.17) is 4.74 Å². The van der Waals surface area contributed by atoms with Crippen molar-refractivity contribution in [1.29, 1.82) is 0 Å². The van der Waals surface area contributed by atoms with Gasteiger partial charge in [0.25, 0.3) is 11.8 Å². The Morgan fingerprint density at radius 2 is 1.90 bits per heavy atom. The highest BCUT2D eigenvalue weighted by molar-refractivity contribution is 6.01. The van der Waals surface area contributed by atoms with E-state index in [1.165, 1.54) is 6.92 Å². The Kier molecular flexibility index (Phi) is 5.95. The van der Waals surface area contributed by atoms with E-state index >= 15 is 0 Å². The maximum Gasteiger partial charge on any atom is 0.407 e. The molecule has 1 heterocycles. The summed E-state index contributed by atoms with van der Waals surface area (Å²) in [5, 5.41) is 2.69. The summed E-state index contributed by atoms with van der Waals surface area (Å²) in [7, 11) is 0. The van der Waals surface area contributed by atoms with Gasteiger partial charge in [-0.15, -0.1) is 5.06 Å². The van der Waals surface area contributed by atoms with Crippen molar-refractivity contribution in [2.75, 3.05) is 6.61 Å². The molecule has 112 valence electrons. The lowest BCUT2D eigenvalue weighted by atomic mass is 10.3. The molecule has 0 saturated carbocycles. The quantitative estimate of drug-likeness (QED) is 0.563. The first-order chi connectivity index (χ1) is 9.45. The first kappa shape index (κ1) is 15.9. The Bertz CT molecular complexity index is 393. The molecule has 1 N–H and O–H groups in total. The van der Waals surface area contributed by atoms with Gasteiger partial charge in [-0.3, -0.25) is 9.59 Å². The monoisotopic (exact) mass is 286 g/mol. The van der Waals surface area contributed by atoms with Gasteiger partial charge in [-0.1, -0.05) is 13.3 Å². The second kappa shape index (κ2) is 7.46. The average Bonchev–Trinajstić information content (AvgIpc) is 2.70. The van der Waals surface area contributed by atoms with Gasteiger partial charge in [0.05, 0.1) is 6.61 Å². The Hall–Kier alpha value is -2.12. The van der Waals surface area contributed by atoms with E-state index in [-0.39, 0.29) is 19.4 Å². The van der Waals surface area contributed by atoms with E-state index in [0.29, 0.717) is 5.06 Å². The number of nitrogens with one attached hydrogen (secondary N) is 1. The van der Waals surface area contributed by atoms with Crippen LogP contribution in [0.5, 0.6) is 0 Å². The molecule has 3 amide bonds. The van der Waals surface area contributed by atoms with E-state index in [1.54, 1.807) is 0 Å². The third-order valence-electron chi connectivity index (χ3n) is 2.61. The normalized spacial score (nSPS) is 16.0. The number of hydrogen-bond donors (Lipinski definition) is 1. The van der Waals surface area contributed by atoms with Crippen LogP contribution in [0.25, 0.3) is 0 Å². The van der Waals surface area contributed by atoms with Crippen molar-refractivity contribution < 1.29 is 28.8 Å². The molecule has 1 aliphatic rings. The number of imide groups is 1. The molecule has 0 aromatic carbocycles. The predicted octanol–water partition coefficient (Wildman–Crippen LogP) is 0.508. The highest BCUT2D eigenvalue weighted by atomic mass is 16.7. The summed E-state index contributed by atoms with van der Waals surface area (Å²) in [6, 6.07) is -1.02. The van der Waals surface area contributed by atoms with Gasteiger partial charge in [0.15, 0.2) is 0 Å². The third-order valence-corrected chi connectivity index (χ3v) is 2.61. The molecule has 1 fully saturated rings.